The molecule has 0 aromatic heterocycles. The van der Waals surface area contributed by atoms with E-state index in [4.69, 9.17) is 14.2 Å². The van der Waals surface area contributed by atoms with E-state index in [1.165, 1.54) is 11.8 Å². The van der Waals surface area contributed by atoms with Crippen LogP contribution in [0.5, 0.6) is 0 Å². The predicted molar refractivity (Wildman–Crippen MR) is 197 cm³/mol. The maximum Gasteiger partial charge on any atom is 0.338 e. The summed E-state index contributed by atoms with van der Waals surface area (Å²) in [6, 6.07) is 39.5. The van der Waals surface area contributed by atoms with E-state index in [-0.39, 0.29) is 6.61 Å². The first kappa shape index (κ1) is 33.2. The molecule has 1 fully saturated rings. The van der Waals surface area contributed by atoms with E-state index in [2.05, 4.69) is 13.2 Å². The Labute approximate surface area is 289 Å². The van der Waals surface area contributed by atoms with Gasteiger partial charge in [-0.2, -0.15) is 0 Å². The normalized spacial score (nSPS) is 16.7. The summed E-state index contributed by atoms with van der Waals surface area (Å²) in [6.45, 7) is 6.70. The van der Waals surface area contributed by atoms with Crippen LogP contribution in [-0.4, -0.2) is 47.7 Å². The molecule has 1 aliphatic heterocycles. The van der Waals surface area contributed by atoms with Crippen LogP contribution < -0.4 is 0 Å². The molecule has 0 N–H and O–H groups in total. The van der Waals surface area contributed by atoms with E-state index in [0.29, 0.717) is 22.4 Å². The summed E-state index contributed by atoms with van der Waals surface area (Å²) in [7, 11) is 0. The fourth-order valence-corrected chi connectivity index (χ4v) is 6.91. The van der Waals surface area contributed by atoms with Gasteiger partial charge in [-0.05, 0) is 68.7 Å². The average molecular weight is 667 g/mol. The van der Waals surface area contributed by atoms with Crippen molar-refractivity contribution in [1.29, 1.82) is 0 Å². The molecular formula is C42H34O6S. The number of hydrogen-bond acceptors (Lipinski definition) is 7. The molecule has 1 saturated heterocycles. The number of carbonyl (C=O) groups is 3. The minimum Gasteiger partial charge on any atom is -0.461 e. The van der Waals surface area contributed by atoms with Crippen molar-refractivity contribution in [2.24, 2.45) is 0 Å². The Hall–Kier alpha value is -5.66. The predicted octanol–water partition coefficient (Wildman–Crippen LogP) is 9.23. The molecule has 0 bridgehead atoms. The number of esters is 3. The summed E-state index contributed by atoms with van der Waals surface area (Å²) in [4.78, 5) is 39.8. The van der Waals surface area contributed by atoms with E-state index in [1.807, 2.05) is 91.0 Å². The highest BCUT2D eigenvalue weighted by Crippen LogP contribution is 2.34. The number of fused-ring (bicyclic) bond motifs is 3. The Bertz CT molecular complexity index is 2170. The van der Waals surface area contributed by atoms with Crippen molar-refractivity contribution in [1.82, 2.24) is 0 Å². The molecule has 0 radical (unpaired) electrons. The third-order valence-electron chi connectivity index (χ3n) is 8.21. The molecule has 7 heteroatoms. The van der Waals surface area contributed by atoms with Gasteiger partial charge in [0.05, 0.1) is 21.9 Å². The number of thioether (sulfide) groups is 1. The van der Waals surface area contributed by atoms with Crippen LogP contribution in [0, 0.1) is 0 Å². The van der Waals surface area contributed by atoms with Crippen LogP contribution in [0.25, 0.3) is 32.3 Å². The standard InChI is InChI=1S/C38H28O6S.C4H6/c39-36(30-16-13-24-7-1-4-10-27(24)19-30)42-22-34-35(44-38(41)32-18-15-26-9-3-6-12-29(26)21-32)33(23-45-34)43-37(40)31-17-14-25-8-2-5-11-28(25)20-31;1-3-4-2/h1-21,33-35H,22-23H2;3-4H,1-2H2/t33-,34?,35-;/m1./s1. The lowest BCUT2D eigenvalue weighted by Gasteiger charge is -2.24. The number of hydrogen-bond donors (Lipinski definition) is 0. The molecular weight excluding hydrogens is 633 g/mol. The molecule has 6 aromatic rings. The molecule has 3 atom stereocenters. The van der Waals surface area contributed by atoms with E-state index in [9.17, 15) is 14.4 Å². The Morgan fingerprint density at radius 2 is 0.980 bits per heavy atom. The molecule has 0 saturated carbocycles. The topological polar surface area (TPSA) is 78.9 Å². The molecule has 1 unspecified atom stereocenters. The van der Waals surface area contributed by atoms with Gasteiger partial charge >= 0.3 is 17.9 Å². The van der Waals surface area contributed by atoms with Crippen molar-refractivity contribution in [2.45, 2.75) is 17.5 Å². The lowest BCUT2D eigenvalue weighted by atomic mass is 10.1. The molecule has 1 heterocycles. The SMILES string of the molecule is C=CC=C.O=C(OCC1SC[C@@H](OC(=O)c2ccc3ccccc3c2)[C@H]1OC(=O)c1ccc2ccccc2c1)c1ccc2ccccc2c1. The first-order chi connectivity index (χ1) is 23.9. The van der Waals surface area contributed by atoms with Gasteiger partial charge in [-0.3, -0.25) is 0 Å². The summed E-state index contributed by atoms with van der Waals surface area (Å²) in [6.07, 6.45) is 1.71. The highest BCUT2D eigenvalue weighted by molar-refractivity contribution is 8.00. The van der Waals surface area contributed by atoms with E-state index in [0.717, 1.165) is 32.3 Å². The van der Waals surface area contributed by atoms with Crippen LogP contribution in [0.15, 0.2) is 153 Å². The fraction of sp³-hybridized carbons (Fsp3) is 0.119. The summed E-state index contributed by atoms with van der Waals surface area (Å²) in [5.74, 6) is -1.14. The van der Waals surface area contributed by atoms with Gasteiger partial charge in [-0.15, -0.1) is 11.8 Å². The Kier molecular flexibility index (Phi) is 10.5. The number of carbonyl (C=O) groups excluding carboxylic acids is 3. The smallest absolute Gasteiger partial charge is 0.338 e. The van der Waals surface area contributed by atoms with Crippen LogP contribution in [0.4, 0.5) is 0 Å². The second-order valence-electron chi connectivity index (χ2n) is 11.4. The summed E-state index contributed by atoms with van der Waals surface area (Å²) < 4.78 is 17.7. The van der Waals surface area contributed by atoms with Crippen LogP contribution in [0.1, 0.15) is 31.1 Å². The van der Waals surface area contributed by atoms with Gasteiger partial charge in [0.2, 0.25) is 0 Å². The monoisotopic (exact) mass is 666 g/mol. The molecule has 0 aliphatic carbocycles. The molecule has 49 heavy (non-hydrogen) atoms. The van der Waals surface area contributed by atoms with E-state index in [1.54, 1.807) is 48.6 Å². The quantitative estimate of drug-likeness (QED) is 0.0910. The largest absolute Gasteiger partial charge is 0.461 e. The first-order valence-electron chi connectivity index (χ1n) is 15.8. The molecule has 0 amide bonds. The van der Waals surface area contributed by atoms with Crippen molar-refractivity contribution < 1.29 is 28.6 Å². The van der Waals surface area contributed by atoms with Crippen molar-refractivity contribution in [2.75, 3.05) is 12.4 Å². The zero-order valence-corrected chi connectivity index (χ0v) is 27.5. The second kappa shape index (κ2) is 15.5. The molecule has 1 aliphatic rings. The minimum absolute atomic E-state index is 0.0178. The van der Waals surface area contributed by atoms with Crippen molar-refractivity contribution in [3.63, 3.8) is 0 Å². The average Bonchev–Trinajstić information content (AvgIpc) is 3.52. The highest BCUT2D eigenvalue weighted by Gasteiger charge is 2.43. The minimum atomic E-state index is -0.831. The lowest BCUT2D eigenvalue weighted by molar-refractivity contribution is -0.0295. The van der Waals surface area contributed by atoms with Crippen molar-refractivity contribution in [3.8, 4) is 0 Å². The van der Waals surface area contributed by atoms with Gasteiger partial charge in [-0.25, -0.2) is 14.4 Å². The van der Waals surface area contributed by atoms with Gasteiger partial charge in [0.25, 0.3) is 0 Å². The Balaban J connectivity index is 0.000000989. The number of benzene rings is 6. The third-order valence-corrected chi connectivity index (χ3v) is 9.56. The zero-order valence-electron chi connectivity index (χ0n) is 26.7. The van der Waals surface area contributed by atoms with Gasteiger partial charge in [0, 0.05) is 5.75 Å². The van der Waals surface area contributed by atoms with Crippen molar-refractivity contribution in [3.05, 3.63) is 169 Å². The summed E-state index contributed by atoms with van der Waals surface area (Å²) in [5, 5.41) is 5.38. The number of ether oxygens (including phenoxy) is 3. The van der Waals surface area contributed by atoms with Crippen LogP contribution in [-0.2, 0) is 14.2 Å². The lowest BCUT2D eigenvalue weighted by Crippen LogP contribution is -2.39. The molecule has 244 valence electrons. The molecule has 6 aromatic carbocycles. The van der Waals surface area contributed by atoms with E-state index >= 15 is 0 Å². The molecule has 7 rings (SSSR count). The van der Waals surface area contributed by atoms with Crippen molar-refractivity contribution >= 4 is 62.0 Å². The van der Waals surface area contributed by atoms with Gasteiger partial charge in [0.15, 0.2) is 6.10 Å². The first-order valence-corrected chi connectivity index (χ1v) is 16.9. The molecule has 6 nitrogen and oxygen atoms in total. The van der Waals surface area contributed by atoms with Gasteiger partial charge < -0.3 is 14.2 Å². The fourth-order valence-electron chi connectivity index (χ4n) is 5.63. The molecule has 0 spiro atoms. The highest BCUT2D eigenvalue weighted by atomic mass is 32.2. The summed E-state index contributed by atoms with van der Waals surface area (Å²) in [5.41, 5.74) is 1.22. The van der Waals surface area contributed by atoms with Crippen LogP contribution >= 0.6 is 11.8 Å². The van der Waals surface area contributed by atoms with Gasteiger partial charge in [0.1, 0.15) is 12.7 Å². The van der Waals surface area contributed by atoms with Crippen LogP contribution in [0.2, 0.25) is 0 Å². The van der Waals surface area contributed by atoms with Gasteiger partial charge in [-0.1, -0.05) is 116 Å². The Morgan fingerprint density at radius 1 is 0.571 bits per heavy atom. The van der Waals surface area contributed by atoms with E-state index < -0.39 is 35.4 Å². The third kappa shape index (κ3) is 7.91. The number of allylic oxidation sites excluding steroid dienone is 2. The maximum absolute atomic E-state index is 13.4. The maximum atomic E-state index is 13.4. The van der Waals surface area contributed by atoms with Crippen LogP contribution in [0.3, 0.4) is 0 Å². The Morgan fingerprint density at radius 3 is 1.43 bits per heavy atom. The summed E-state index contributed by atoms with van der Waals surface area (Å²) >= 11 is 1.45. The number of rotatable bonds is 8. The second-order valence-corrected chi connectivity index (χ2v) is 12.7. The zero-order chi connectivity index (χ0) is 34.2.